The summed E-state index contributed by atoms with van der Waals surface area (Å²) in [4.78, 5) is 46.1. The topological polar surface area (TPSA) is 139 Å². The number of nitrogens with one attached hydrogen (secondary N) is 2. The molecule has 0 heterocycles. The number of nitro groups is 1. The summed E-state index contributed by atoms with van der Waals surface area (Å²) in [6.45, 7) is 0. The highest BCUT2D eigenvalue weighted by atomic mass is 19.1. The molecule has 0 aliphatic heterocycles. The van der Waals surface area contributed by atoms with Gasteiger partial charge in [-0.25, -0.2) is 9.18 Å². The van der Waals surface area contributed by atoms with Crippen LogP contribution in [0.4, 0.5) is 26.2 Å². The third-order valence-electron chi connectivity index (χ3n) is 4.42. The highest BCUT2D eigenvalue weighted by Crippen LogP contribution is 2.31. The van der Waals surface area contributed by atoms with E-state index in [1.54, 1.807) is 6.07 Å². The molecule has 0 saturated carbocycles. The first-order valence-corrected chi connectivity index (χ1v) is 9.21. The van der Waals surface area contributed by atoms with E-state index in [1.807, 2.05) is 0 Å². The highest BCUT2D eigenvalue weighted by Gasteiger charge is 2.17. The number of carbonyl (C=O) groups excluding carboxylic acids is 2. The number of halogens is 1. The monoisotopic (exact) mass is 437 g/mol. The minimum atomic E-state index is -1.38. The van der Waals surface area contributed by atoms with Gasteiger partial charge in [0.05, 0.1) is 22.7 Å². The van der Waals surface area contributed by atoms with Crippen molar-refractivity contribution in [2.45, 2.75) is 6.42 Å². The Kier molecular flexibility index (Phi) is 6.54. The third kappa shape index (κ3) is 5.30. The van der Waals surface area contributed by atoms with E-state index in [1.165, 1.54) is 54.6 Å². The summed E-state index contributed by atoms with van der Waals surface area (Å²) in [7, 11) is 0. The first-order chi connectivity index (χ1) is 15.2. The molecule has 0 aliphatic carbocycles. The number of amides is 2. The first-order valence-electron chi connectivity index (χ1n) is 9.21. The average Bonchev–Trinajstić information content (AvgIpc) is 2.75. The smallest absolute Gasteiger partial charge is 0.409 e. The number of non-ortho nitro benzene ring substituents is 1. The predicted octanol–water partition coefficient (Wildman–Crippen LogP) is 4.70. The van der Waals surface area contributed by atoms with Crippen LogP contribution in [-0.2, 0) is 4.79 Å². The minimum Gasteiger partial charge on any atom is -0.465 e. The van der Waals surface area contributed by atoms with Crippen molar-refractivity contribution in [3.05, 3.63) is 88.2 Å². The number of nitrogens with zero attached hydrogens (tertiary/aromatic N) is 1. The molecule has 9 nitrogen and oxygen atoms in total. The largest absolute Gasteiger partial charge is 0.465 e. The van der Waals surface area contributed by atoms with E-state index in [2.05, 4.69) is 10.6 Å². The lowest BCUT2D eigenvalue weighted by Crippen LogP contribution is -2.18. The Hall–Kier alpha value is -4.60. The van der Waals surface area contributed by atoms with Crippen LogP contribution in [0.1, 0.15) is 16.8 Å². The normalized spacial score (nSPS) is 10.3. The summed E-state index contributed by atoms with van der Waals surface area (Å²) in [6.07, 6.45) is -2.02. The van der Waals surface area contributed by atoms with Crippen molar-refractivity contribution >= 4 is 34.8 Å². The minimum absolute atomic E-state index is 0.0154. The van der Waals surface area contributed by atoms with Crippen molar-refractivity contribution in [1.82, 2.24) is 0 Å². The van der Waals surface area contributed by atoms with Crippen LogP contribution in [0.15, 0.2) is 66.7 Å². The lowest BCUT2D eigenvalue weighted by Gasteiger charge is -2.13. The van der Waals surface area contributed by atoms with E-state index in [0.717, 1.165) is 6.07 Å². The molecule has 3 N–H and O–H groups in total. The molecule has 0 fully saturated rings. The molecule has 0 bridgehead atoms. The number of hydrogen-bond acceptors (Lipinski definition) is 5. The van der Waals surface area contributed by atoms with Crippen LogP contribution in [-0.4, -0.2) is 27.8 Å². The number of benzene rings is 3. The molecular weight excluding hydrogens is 421 g/mol. The fourth-order valence-corrected chi connectivity index (χ4v) is 2.97. The molecule has 10 heteroatoms. The summed E-state index contributed by atoms with van der Waals surface area (Å²) in [5.41, 5.74) is 0.343. The second-order valence-corrected chi connectivity index (χ2v) is 6.63. The number of rotatable bonds is 7. The molecule has 3 rings (SSSR count). The maximum atomic E-state index is 14.1. The van der Waals surface area contributed by atoms with Gasteiger partial charge >= 0.3 is 6.09 Å². The number of ketones is 1. The van der Waals surface area contributed by atoms with Gasteiger partial charge < -0.3 is 10.4 Å². The zero-order valence-electron chi connectivity index (χ0n) is 16.4. The van der Waals surface area contributed by atoms with E-state index in [0.29, 0.717) is 5.56 Å². The lowest BCUT2D eigenvalue weighted by atomic mass is 10.0. The fourth-order valence-electron chi connectivity index (χ4n) is 2.97. The van der Waals surface area contributed by atoms with Crippen LogP contribution >= 0.6 is 0 Å². The summed E-state index contributed by atoms with van der Waals surface area (Å²) >= 11 is 0. The lowest BCUT2D eigenvalue weighted by molar-refractivity contribution is -0.384. The van der Waals surface area contributed by atoms with Crippen molar-refractivity contribution < 1.29 is 28.8 Å². The SMILES string of the molecule is O=C(O)Nc1ccc(-c2ccccc2F)cc1NC(=O)CC(=O)c1cccc([N+](=O)[O-])c1. The van der Waals surface area contributed by atoms with Crippen molar-refractivity contribution in [1.29, 1.82) is 0 Å². The number of Topliss-reactive ketones (excluding diaryl/α,β-unsaturated/α-hetero) is 1. The third-order valence-corrected chi connectivity index (χ3v) is 4.42. The van der Waals surface area contributed by atoms with Gasteiger partial charge in [0.15, 0.2) is 5.78 Å². The van der Waals surface area contributed by atoms with Gasteiger partial charge in [-0.05, 0) is 23.8 Å². The molecule has 0 aliphatic rings. The fraction of sp³-hybridized carbons (Fsp3) is 0.0455. The van der Waals surface area contributed by atoms with Gasteiger partial charge in [0.2, 0.25) is 5.91 Å². The number of hydrogen-bond donors (Lipinski definition) is 3. The number of anilines is 2. The highest BCUT2D eigenvalue weighted by molar-refractivity contribution is 6.12. The Balaban J connectivity index is 1.85. The van der Waals surface area contributed by atoms with Crippen LogP contribution in [0.3, 0.4) is 0 Å². The summed E-state index contributed by atoms with van der Waals surface area (Å²) in [5.74, 6) is -1.95. The number of carboxylic acid groups (broad SMARTS) is 1. The van der Waals surface area contributed by atoms with Crippen molar-refractivity contribution in [2.75, 3.05) is 10.6 Å². The molecule has 2 amide bonds. The first kappa shape index (κ1) is 22.1. The standard InChI is InChI=1S/C22H16FN3O6/c23-17-7-2-1-6-16(17)13-8-9-18(25-22(29)30)19(11-13)24-21(28)12-20(27)14-4-3-5-15(10-14)26(31)32/h1-11,25H,12H2,(H,24,28)(H,29,30). The summed E-state index contributed by atoms with van der Waals surface area (Å²) in [5, 5.41) is 24.5. The molecule has 0 unspecified atom stereocenters. The van der Waals surface area contributed by atoms with Gasteiger partial charge in [-0.15, -0.1) is 0 Å². The number of carbonyl (C=O) groups is 3. The average molecular weight is 437 g/mol. The van der Waals surface area contributed by atoms with Gasteiger partial charge in [0.1, 0.15) is 5.82 Å². The Bertz CT molecular complexity index is 1230. The van der Waals surface area contributed by atoms with Gasteiger partial charge in [-0.2, -0.15) is 0 Å². The molecule has 0 radical (unpaired) electrons. The molecule has 0 saturated heterocycles. The zero-order chi connectivity index (χ0) is 23.3. The van der Waals surface area contributed by atoms with Crippen LogP contribution < -0.4 is 10.6 Å². The van der Waals surface area contributed by atoms with E-state index in [4.69, 9.17) is 5.11 Å². The van der Waals surface area contributed by atoms with Crippen LogP contribution in [0.2, 0.25) is 0 Å². The van der Waals surface area contributed by atoms with E-state index in [-0.39, 0.29) is 28.2 Å². The maximum Gasteiger partial charge on any atom is 0.409 e. The molecule has 0 atom stereocenters. The molecule has 162 valence electrons. The van der Waals surface area contributed by atoms with Crippen LogP contribution in [0.5, 0.6) is 0 Å². The van der Waals surface area contributed by atoms with E-state index >= 15 is 0 Å². The molecule has 0 spiro atoms. The van der Waals surface area contributed by atoms with Crippen molar-refractivity contribution in [2.24, 2.45) is 0 Å². The van der Waals surface area contributed by atoms with E-state index < -0.39 is 34.9 Å². The zero-order valence-corrected chi connectivity index (χ0v) is 16.4. The van der Waals surface area contributed by atoms with Crippen LogP contribution in [0.25, 0.3) is 11.1 Å². The molecule has 32 heavy (non-hydrogen) atoms. The Labute approximate surface area is 180 Å². The van der Waals surface area contributed by atoms with Gasteiger partial charge in [-0.3, -0.25) is 25.0 Å². The quantitative estimate of drug-likeness (QED) is 0.212. The Morgan fingerprint density at radius 3 is 2.38 bits per heavy atom. The molecule has 3 aromatic rings. The second kappa shape index (κ2) is 9.47. The van der Waals surface area contributed by atoms with Gasteiger partial charge in [-0.1, -0.05) is 36.4 Å². The Morgan fingerprint density at radius 1 is 0.938 bits per heavy atom. The molecule has 3 aromatic carbocycles. The second-order valence-electron chi connectivity index (χ2n) is 6.63. The van der Waals surface area contributed by atoms with Crippen LogP contribution in [0, 0.1) is 15.9 Å². The molecular formula is C22H16FN3O6. The van der Waals surface area contributed by atoms with Crippen molar-refractivity contribution in [3.8, 4) is 11.1 Å². The molecule has 0 aromatic heterocycles. The van der Waals surface area contributed by atoms with Crippen molar-refractivity contribution in [3.63, 3.8) is 0 Å². The predicted molar refractivity (Wildman–Crippen MR) is 114 cm³/mol. The summed E-state index contributed by atoms with van der Waals surface area (Å²) in [6, 6.07) is 15.1. The summed E-state index contributed by atoms with van der Waals surface area (Å²) < 4.78 is 14.1. The Morgan fingerprint density at radius 2 is 1.69 bits per heavy atom. The number of nitro benzene ring substituents is 1. The van der Waals surface area contributed by atoms with Gasteiger partial charge in [0.25, 0.3) is 5.69 Å². The van der Waals surface area contributed by atoms with Gasteiger partial charge in [0, 0.05) is 23.3 Å². The maximum absolute atomic E-state index is 14.1. The van der Waals surface area contributed by atoms with E-state index in [9.17, 15) is 28.9 Å².